The largest absolute Gasteiger partial charge is 0.480 e. The summed E-state index contributed by atoms with van der Waals surface area (Å²) in [5, 5.41) is 9.12. The van der Waals surface area contributed by atoms with E-state index in [-0.39, 0.29) is 0 Å². The van der Waals surface area contributed by atoms with Crippen LogP contribution in [0, 0.1) is 0 Å². The normalized spacial score (nSPS) is 12.8. The summed E-state index contributed by atoms with van der Waals surface area (Å²) in [7, 11) is 0. The molecule has 5 heteroatoms. The van der Waals surface area contributed by atoms with E-state index in [4.69, 9.17) is 10.8 Å². The number of fused-ring (bicyclic) bond motifs is 1. The Hall–Kier alpha value is -2.04. The van der Waals surface area contributed by atoms with Crippen LogP contribution in [-0.4, -0.2) is 20.6 Å². The van der Waals surface area contributed by atoms with Gasteiger partial charge in [-0.25, -0.2) is 9.78 Å². The molecule has 2 rings (SSSR count). The Kier molecular flexibility index (Phi) is 2.75. The first kappa shape index (κ1) is 11.4. The molecule has 5 nitrogen and oxygen atoms in total. The van der Waals surface area contributed by atoms with Gasteiger partial charge in [0.25, 0.3) is 0 Å². The van der Waals surface area contributed by atoms with Gasteiger partial charge in [0.05, 0.1) is 11.2 Å². The highest BCUT2D eigenvalue weighted by atomic mass is 16.4. The molecule has 17 heavy (non-hydrogen) atoms. The van der Waals surface area contributed by atoms with Crippen LogP contribution < -0.4 is 5.73 Å². The Morgan fingerprint density at radius 1 is 1.59 bits per heavy atom. The highest BCUT2D eigenvalue weighted by Crippen LogP contribution is 2.25. The minimum absolute atomic E-state index is 0.577. The summed E-state index contributed by atoms with van der Waals surface area (Å²) in [6.07, 6.45) is 0.672. The number of nitrogens with two attached hydrogens (primary N) is 1. The predicted octanol–water partition coefficient (Wildman–Crippen LogP) is 1.83. The van der Waals surface area contributed by atoms with Gasteiger partial charge in [-0.15, -0.1) is 0 Å². The van der Waals surface area contributed by atoms with Gasteiger partial charge in [0.1, 0.15) is 17.4 Å². The Balaban J connectivity index is 2.75. The summed E-state index contributed by atoms with van der Waals surface area (Å²) < 4.78 is 1.73. The van der Waals surface area contributed by atoms with Gasteiger partial charge in [0.2, 0.25) is 0 Å². The molecule has 0 aliphatic carbocycles. The van der Waals surface area contributed by atoms with Crippen molar-refractivity contribution in [3.8, 4) is 0 Å². The summed E-state index contributed by atoms with van der Waals surface area (Å²) in [5.74, 6) is -0.130. The summed E-state index contributed by atoms with van der Waals surface area (Å²) in [5.41, 5.74) is 7.88. The molecule has 0 radical (unpaired) electrons. The number of hydrogen-bond donors (Lipinski definition) is 2. The molecule has 0 bridgehead atoms. The number of aromatic nitrogens is 2. The average molecular weight is 233 g/mol. The lowest BCUT2D eigenvalue weighted by atomic mass is 10.2. The van der Waals surface area contributed by atoms with E-state index in [9.17, 15) is 4.79 Å². The van der Waals surface area contributed by atoms with Gasteiger partial charge in [-0.05, 0) is 19.1 Å². The maximum absolute atomic E-state index is 11.1. The predicted molar refractivity (Wildman–Crippen MR) is 65.9 cm³/mol. The number of nitrogen functional groups attached to an aromatic ring is 1. The maximum atomic E-state index is 11.1. The zero-order valence-corrected chi connectivity index (χ0v) is 9.84. The van der Waals surface area contributed by atoms with Crippen molar-refractivity contribution >= 4 is 22.7 Å². The number of carboxylic acid groups (broad SMARTS) is 1. The van der Waals surface area contributed by atoms with Crippen LogP contribution >= 0.6 is 0 Å². The molecule has 0 saturated carbocycles. The monoisotopic (exact) mass is 233 g/mol. The molecule has 90 valence electrons. The zero-order valence-electron chi connectivity index (χ0n) is 9.84. The van der Waals surface area contributed by atoms with Crippen LogP contribution in [0.1, 0.15) is 25.7 Å². The Bertz CT molecular complexity index is 574. The summed E-state index contributed by atoms with van der Waals surface area (Å²) in [6.45, 7) is 3.59. The van der Waals surface area contributed by atoms with E-state index in [0.29, 0.717) is 17.6 Å². The fourth-order valence-corrected chi connectivity index (χ4v) is 1.98. The second kappa shape index (κ2) is 4.08. The standard InChI is InChI=1S/C12H15N3O2/c1-3-10-14-11-8(13)5-4-6-9(11)15(10)7(2)12(16)17/h4-7H,3,13H2,1-2H3,(H,16,17). The van der Waals surface area contributed by atoms with Crippen molar-refractivity contribution in [2.24, 2.45) is 0 Å². The topological polar surface area (TPSA) is 81.1 Å². The van der Waals surface area contributed by atoms with Crippen molar-refractivity contribution < 1.29 is 9.90 Å². The number of anilines is 1. The van der Waals surface area contributed by atoms with Crippen LogP contribution in [0.4, 0.5) is 5.69 Å². The lowest BCUT2D eigenvalue weighted by molar-refractivity contribution is -0.140. The first-order chi connectivity index (χ1) is 8.06. The van der Waals surface area contributed by atoms with E-state index in [1.807, 2.05) is 19.1 Å². The van der Waals surface area contributed by atoms with E-state index < -0.39 is 12.0 Å². The minimum atomic E-state index is -0.874. The molecular formula is C12H15N3O2. The number of benzene rings is 1. The van der Waals surface area contributed by atoms with Crippen molar-refractivity contribution in [1.29, 1.82) is 0 Å². The number of aliphatic carboxylic acids is 1. The number of aryl methyl sites for hydroxylation is 1. The SMILES string of the molecule is CCc1nc2c(N)cccc2n1C(C)C(=O)O. The van der Waals surface area contributed by atoms with Gasteiger partial charge in [0, 0.05) is 6.42 Å². The van der Waals surface area contributed by atoms with Crippen molar-refractivity contribution in [3.05, 3.63) is 24.0 Å². The van der Waals surface area contributed by atoms with Crippen LogP contribution in [0.15, 0.2) is 18.2 Å². The van der Waals surface area contributed by atoms with E-state index in [0.717, 1.165) is 11.3 Å². The second-order valence-electron chi connectivity index (χ2n) is 3.98. The first-order valence-corrected chi connectivity index (χ1v) is 5.54. The average Bonchev–Trinajstić information content (AvgIpc) is 2.67. The fraction of sp³-hybridized carbons (Fsp3) is 0.333. The van der Waals surface area contributed by atoms with Crippen molar-refractivity contribution in [2.45, 2.75) is 26.3 Å². The maximum Gasteiger partial charge on any atom is 0.326 e. The highest BCUT2D eigenvalue weighted by molar-refractivity contribution is 5.89. The second-order valence-corrected chi connectivity index (χ2v) is 3.98. The molecule has 0 fully saturated rings. The van der Waals surface area contributed by atoms with Crippen LogP contribution in [0.5, 0.6) is 0 Å². The third-order valence-corrected chi connectivity index (χ3v) is 2.89. The van der Waals surface area contributed by atoms with Crippen molar-refractivity contribution in [2.75, 3.05) is 5.73 Å². The van der Waals surface area contributed by atoms with Crippen LogP contribution in [0.2, 0.25) is 0 Å². The molecule has 1 heterocycles. The lowest BCUT2D eigenvalue weighted by Crippen LogP contribution is -2.17. The van der Waals surface area contributed by atoms with Gasteiger partial charge in [-0.1, -0.05) is 13.0 Å². The molecule has 1 unspecified atom stereocenters. The third kappa shape index (κ3) is 1.73. The summed E-state index contributed by atoms with van der Waals surface area (Å²) >= 11 is 0. The van der Waals surface area contributed by atoms with E-state index >= 15 is 0 Å². The first-order valence-electron chi connectivity index (χ1n) is 5.54. The molecule has 0 aliphatic heterocycles. The van der Waals surface area contributed by atoms with Gasteiger partial charge in [-0.3, -0.25) is 0 Å². The van der Waals surface area contributed by atoms with Gasteiger partial charge >= 0.3 is 5.97 Å². The Morgan fingerprint density at radius 2 is 2.29 bits per heavy atom. The number of hydrogen-bond acceptors (Lipinski definition) is 3. The van der Waals surface area contributed by atoms with Gasteiger partial charge in [-0.2, -0.15) is 0 Å². The fourth-order valence-electron chi connectivity index (χ4n) is 1.98. The van der Waals surface area contributed by atoms with Crippen LogP contribution in [0.3, 0.4) is 0 Å². The van der Waals surface area contributed by atoms with E-state index in [1.54, 1.807) is 17.6 Å². The van der Waals surface area contributed by atoms with Gasteiger partial charge in [0.15, 0.2) is 0 Å². The van der Waals surface area contributed by atoms with Crippen LogP contribution in [-0.2, 0) is 11.2 Å². The third-order valence-electron chi connectivity index (χ3n) is 2.89. The molecule has 0 aliphatic rings. The molecule has 2 aromatic rings. The number of imidazole rings is 1. The number of nitrogens with zero attached hydrogens (tertiary/aromatic N) is 2. The Labute approximate surface area is 98.9 Å². The molecular weight excluding hydrogens is 218 g/mol. The summed E-state index contributed by atoms with van der Waals surface area (Å²) in [6, 6.07) is 4.78. The molecule has 3 N–H and O–H groups in total. The molecule has 0 saturated heterocycles. The van der Waals surface area contributed by atoms with Crippen LogP contribution in [0.25, 0.3) is 11.0 Å². The Morgan fingerprint density at radius 3 is 2.88 bits per heavy atom. The number of carboxylic acids is 1. The number of rotatable bonds is 3. The lowest BCUT2D eigenvalue weighted by Gasteiger charge is -2.12. The van der Waals surface area contributed by atoms with Crippen molar-refractivity contribution in [3.63, 3.8) is 0 Å². The zero-order chi connectivity index (χ0) is 12.6. The van der Waals surface area contributed by atoms with E-state index in [1.165, 1.54) is 0 Å². The van der Waals surface area contributed by atoms with E-state index in [2.05, 4.69) is 4.98 Å². The minimum Gasteiger partial charge on any atom is -0.480 e. The molecule has 0 spiro atoms. The number of para-hydroxylation sites is 1. The summed E-state index contributed by atoms with van der Waals surface area (Å²) in [4.78, 5) is 15.5. The highest BCUT2D eigenvalue weighted by Gasteiger charge is 2.20. The van der Waals surface area contributed by atoms with Crippen molar-refractivity contribution in [1.82, 2.24) is 9.55 Å². The smallest absolute Gasteiger partial charge is 0.326 e. The van der Waals surface area contributed by atoms with Gasteiger partial charge < -0.3 is 15.4 Å². The quantitative estimate of drug-likeness (QED) is 0.792. The molecule has 1 aromatic carbocycles. The molecule has 1 aromatic heterocycles. The number of carbonyl (C=O) groups is 1. The molecule has 1 atom stereocenters. The molecule has 0 amide bonds.